The number of carbonyl (C=O) groups excluding carboxylic acids is 3. The fraction of sp³-hybridized carbons (Fsp3) is 0.423. The molecule has 0 radical (unpaired) electrons. The van der Waals surface area contributed by atoms with Gasteiger partial charge in [-0.3, -0.25) is 9.59 Å². The van der Waals surface area contributed by atoms with Crippen molar-refractivity contribution in [2.45, 2.75) is 53.3 Å². The summed E-state index contributed by atoms with van der Waals surface area (Å²) < 4.78 is 5.25. The number of alkyl carbamates (subject to hydrolysis) is 1. The van der Waals surface area contributed by atoms with Crippen LogP contribution in [0.4, 0.5) is 4.79 Å². The van der Waals surface area contributed by atoms with Crippen LogP contribution in [0.5, 0.6) is 0 Å². The molecule has 0 spiro atoms. The molecule has 0 aliphatic rings. The quantitative estimate of drug-likeness (QED) is 0.510. The van der Waals surface area contributed by atoms with E-state index < -0.39 is 12.1 Å². The van der Waals surface area contributed by atoms with Gasteiger partial charge in [-0.05, 0) is 36.5 Å². The Kier molecular flexibility index (Phi) is 9.91. The third-order valence-corrected chi connectivity index (χ3v) is 5.37. The third-order valence-electron chi connectivity index (χ3n) is 5.37. The van der Waals surface area contributed by atoms with Crippen LogP contribution in [0.3, 0.4) is 0 Å². The molecule has 0 heterocycles. The monoisotopic (exact) mass is 453 g/mol. The van der Waals surface area contributed by atoms with Crippen LogP contribution in [0.2, 0.25) is 0 Å². The highest BCUT2D eigenvalue weighted by molar-refractivity contribution is 5.94. The lowest BCUT2D eigenvalue weighted by atomic mass is 10.0. The first-order valence-corrected chi connectivity index (χ1v) is 11.3. The summed E-state index contributed by atoms with van der Waals surface area (Å²) in [7, 11) is 0. The minimum atomic E-state index is -0.756. The standard InChI is InChI=1S/C26H35N3O4/c1-17(2)22(28-24(30)21-13-11-19(5)12-14-21)15-27-25(31)23(18(3)4)29-26(32)33-16-20-9-7-6-8-10-20/h6-14,17-18,22-23H,15-16H2,1-5H3,(H,27,31)(H,28,30)(H,29,32)/t22-,23+/m1/s1. The second-order valence-electron chi connectivity index (χ2n) is 8.86. The van der Waals surface area contributed by atoms with Crippen molar-refractivity contribution < 1.29 is 19.1 Å². The normalized spacial score (nSPS) is 12.7. The van der Waals surface area contributed by atoms with E-state index in [1.165, 1.54) is 0 Å². The SMILES string of the molecule is Cc1ccc(C(=O)N[C@H](CNC(=O)[C@@H](NC(=O)OCc2ccccc2)C(C)C)C(C)C)cc1. The Morgan fingerprint density at radius 3 is 2.06 bits per heavy atom. The van der Waals surface area contributed by atoms with Gasteiger partial charge in [0.25, 0.3) is 5.91 Å². The summed E-state index contributed by atoms with van der Waals surface area (Å²) in [5, 5.41) is 8.51. The number of aryl methyl sites for hydroxylation is 1. The molecule has 3 amide bonds. The highest BCUT2D eigenvalue weighted by Gasteiger charge is 2.26. The van der Waals surface area contributed by atoms with Gasteiger partial charge >= 0.3 is 6.09 Å². The summed E-state index contributed by atoms with van der Waals surface area (Å²) in [5.74, 6) is -0.558. The van der Waals surface area contributed by atoms with Crippen LogP contribution in [0.25, 0.3) is 0 Å². The summed E-state index contributed by atoms with van der Waals surface area (Å²) in [5.41, 5.74) is 2.51. The van der Waals surface area contributed by atoms with E-state index in [9.17, 15) is 14.4 Å². The summed E-state index contributed by atoms with van der Waals surface area (Å²) in [6, 6.07) is 15.6. The second-order valence-corrected chi connectivity index (χ2v) is 8.86. The van der Waals surface area contributed by atoms with Crippen molar-refractivity contribution in [2.24, 2.45) is 11.8 Å². The van der Waals surface area contributed by atoms with Gasteiger partial charge in [0.2, 0.25) is 5.91 Å². The number of hydrogen-bond acceptors (Lipinski definition) is 4. The Labute approximate surface area is 196 Å². The minimum absolute atomic E-state index is 0.0981. The topological polar surface area (TPSA) is 96.5 Å². The lowest BCUT2D eigenvalue weighted by Gasteiger charge is -2.26. The van der Waals surface area contributed by atoms with Gasteiger partial charge in [-0.15, -0.1) is 0 Å². The van der Waals surface area contributed by atoms with Crippen LogP contribution in [0.1, 0.15) is 49.2 Å². The molecule has 2 aromatic rings. The van der Waals surface area contributed by atoms with Gasteiger partial charge in [-0.1, -0.05) is 75.7 Å². The van der Waals surface area contributed by atoms with E-state index in [4.69, 9.17) is 4.74 Å². The van der Waals surface area contributed by atoms with Gasteiger partial charge < -0.3 is 20.7 Å². The smallest absolute Gasteiger partial charge is 0.408 e. The lowest BCUT2D eigenvalue weighted by Crippen LogP contribution is -2.53. The molecular weight excluding hydrogens is 418 g/mol. The van der Waals surface area contributed by atoms with E-state index >= 15 is 0 Å². The van der Waals surface area contributed by atoms with Crippen LogP contribution in [0, 0.1) is 18.8 Å². The van der Waals surface area contributed by atoms with Gasteiger partial charge in [0.1, 0.15) is 12.6 Å². The zero-order valence-corrected chi connectivity index (χ0v) is 20.1. The Hall–Kier alpha value is -3.35. The van der Waals surface area contributed by atoms with Gasteiger partial charge in [-0.25, -0.2) is 4.79 Å². The molecule has 0 aliphatic carbocycles. The van der Waals surface area contributed by atoms with Crippen molar-refractivity contribution in [3.8, 4) is 0 Å². The van der Waals surface area contributed by atoms with E-state index in [1.807, 2.05) is 77.1 Å². The number of carbonyl (C=O) groups is 3. The molecule has 0 saturated carbocycles. The number of benzene rings is 2. The van der Waals surface area contributed by atoms with Gasteiger partial charge in [-0.2, -0.15) is 0 Å². The molecule has 7 heteroatoms. The van der Waals surface area contributed by atoms with Crippen molar-refractivity contribution in [2.75, 3.05) is 6.54 Å². The van der Waals surface area contributed by atoms with Crippen LogP contribution < -0.4 is 16.0 Å². The van der Waals surface area contributed by atoms with E-state index in [0.717, 1.165) is 11.1 Å². The zero-order valence-electron chi connectivity index (χ0n) is 20.1. The number of rotatable bonds is 10. The lowest BCUT2D eigenvalue weighted by molar-refractivity contribution is -0.124. The van der Waals surface area contributed by atoms with E-state index in [-0.39, 0.29) is 42.8 Å². The van der Waals surface area contributed by atoms with E-state index in [2.05, 4.69) is 16.0 Å². The molecule has 2 rings (SSSR count). The predicted molar refractivity (Wildman–Crippen MR) is 129 cm³/mol. The van der Waals surface area contributed by atoms with Crippen LogP contribution in [0.15, 0.2) is 54.6 Å². The largest absolute Gasteiger partial charge is 0.445 e. The number of nitrogens with one attached hydrogen (secondary N) is 3. The molecule has 0 aromatic heterocycles. The highest BCUT2D eigenvalue weighted by atomic mass is 16.5. The fourth-order valence-corrected chi connectivity index (χ4v) is 3.16. The summed E-state index contributed by atoms with van der Waals surface area (Å²) in [6.45, 7) is 9.99. The van der Waals surface area contributed by atoms with Crippen LogP contribution in [-0.4, -0.2) is 36.5 Å². The molecule has 7 nitrogen and oxygen atoms in total. The molecule has 0 aliphatic heterocycles. The van der Waals surface area contributed by atoms with E-state index in [0.29, 0.717) is 5.56 Å². The molecule has 33 heavy (non-hydrogen) atoms. The Balaban J connectivity index is 1.90. The van der Waals surface area contributed by atoms with Crippen molar-refractivity contribution >= 4 is 17.9 Å². The maximum absolute atomic E-state index is 12.8. The van der Waals surface area contributed by atoms with Crippen molar-refractivity contribution in [3.63, 3.8) is 0 Å². The zero-order chi connectivity index (χ0) is 24.4. The number of ether oxygens (including phenoxy) is 1. The van der Waals surface area contributed by atoms with Gasteiger partial charge in [0, 0.05) is 18.2 Å². The predicted octanol–water partition coefficient (Wildman–Crippen LogP) is 3.82. The molecule has 0 saturated heterocycles. The first-order chi connectivity index (χ1) is 15.7. The second kappa shape index (κ2) is 12.6. The number of amides is 3. The van der Waals surface area contributed by atoms with E-state index in [1.54, 1.807) is 12.1 Å². The first-order valence-electron chi connectivity index (χ1n) is 11.3. The average molecular weight is 454 g/mol. The molecular formula is C26H35N3O4. The van der Waals surface area contributed by atoms with Crippen LogP contribution >= 0.6 is 0 Å². The van der Waals surface area contributed by atoms with Gasteiger partial charge in [0.15, 0.2) is 0 Å². The number of hydrogen-bond donors (Lipinski definition) is 3. The first kappa shape index (κ1) is 25.9. The molecule has 2 atom stereocenters. The average Bonchev–Trinajstić information content (AvgIpc) is 2.79. The maximum Gasteiger partial charge on any atom is 0.408 e. The van der Waals surface area contributed by atoms with Gasteiger partial charge in [0.05, 0.1) is 0 Å². The molecule has 0 fully saturated rings. The molecule has 0 unspecified atom stereocenters. The fourth-order valence-electron chi connectivity index (χ4n) is 3.16. The van der Waals surface area contributed by atoms with Crippen LogP contribution in [-0.2, 0) is 16.1 Å². The molecule has 3 N–H and O–H groups in total. The Morgan fingerprint density at radius 1 is 0.848 bits per heavy atom. The summed E-state index contributed by atoms with van der Waals surface area (Å²) in [6.07, 6.45) is -0.652. The Morgan fingerprint density at radius 2 is 1.48 bits per heavy atom. The molecule has 2 aromatic carbocycles. The third kappa shape index (κ3) is 8.60. The summed E-state index contributed by atoms with van der Waals surface area (Å²) in [4.78, 5) is 37.7. The Bertz CT molecular complexity index is 911. The van der Waals surface area contributed by atoms with Crippen molar-refractivity contribution in [1.82, 2.24) is 16.0 Å². The minimum Gasteiger partial charge on any atom is -0.445 e. The molecule has 178 valence electrons. The maximum atomic E-state index is 12.8. The van der Waals surface area contributed by atoms with Crippen molar-refractivity contribution in [3.05, 3.63) is 71.3 Å². The van der Waals surface area contributed by atoms with Crippen molar-refractivity contribution in [1.29, 1.82) is 0 Å². The summed E-state index contributed by atoms with van der Waals surface area (Å²) >= 11 is 0. The highest BCUT2D eigenvalue weighted by Crippen LogP contribution is 2.08. The molecule has 0 bridgehead atoms.